The Kier molecular flexibility index (Phi) is 4.94. The molecule has 0 saturated carbocycles. The molecule has 0 fully saturated rings. The Morgan fingerprint density at radius 3 is 2.89 bits per heavy atom. The van der Waals surface area contributed by atoms with E-state index in [0.717, 1.165) is 6.54 Å². The molecule has 0 saturated heterocycles. The van der Waals surface area contributed by atoms with Crippen molar-refractivity contribution in [2.75, 3.05) is 18.4 Å². The molecule has 5 nitrogen and oxygen atoms in total. The summed E-state index contributed by atoms with van der Waals surface area (Å²) < 4.78 is 1.80. The number of benzene rings is 1. The largest absolute Gasteiger partial charge is 0.324 e. The van der Waals surface area contributed by atoms with E-state index in [2.05, 4.69) is 15.7 Å². The van der Waals surface area contributed by atoms with E-state index < -0.39 is 0 Å². The Hall–Kier alpha value is -1.85. The lowest BCUT2D eigenvalue weighted by Gasteiger charge is -2.08. The quantitative estimate of drug-likeness (QED) is 0.792. The summed E-state index contributed by atoms with van der Waals surface area (Å²) >= 11 is 5.95. The molecule has 0 aliphatic rings. The van der Waals surface area contributed by atoms with Crippen molar-refractivity contribution in [1.29, 1.82) is 0 Å². The van der Waals surface area contributed by atoms with Crippen LogP contribution in [-0.4, -0.2) is 28.8 Å². The Bertz CT molecular complexity index is 527. The van der Waals surface area contributed by atoms with Crippen LogP contribution in [-0.2, 0) is 11.3 Å². The van der Waals surface area contributed by atoms with Crippen LogP contribution < -0.4 is 10.6 Å². The van der Waals surface area contributed by atoms with Crippen LogP contribution in [0.3, 0.4) is 0 Å². The van der Waals surface area contributed by atoms with E-state index in [-0.39, 0.29) is 12.5 Å². The lowest BCUT2D eigenvalue weighted by Crippen LogP contribution is -2.30. The number of rotatable bonds is 6. The second-order valence-electron chi connectivity index (χ2n) is 3.97. The van der Waals surface area contributed by atoms with Crippen molar-refractivity contribution in [3.63, 3.8) is 0 Å². The SMILES string of the molecule is O=C(CNCCn1cccn1)Nc1ccccc1Cl. The highest BCUT2D eigenvalue weighted by Gasteiger charge is 2.04. The van der Waals surface area contributed by atoms with Crippen LogP contribution in [0, 0.1) is 0 Å². The van der Waals surface area contributed by atoms with Gasteiger partial charge in [-0.2, -0.15) is 5.10 Å². The molecule has 0 radical (unpaired) electrons. The summed E-state index contributed by atoms with van der Waals surface area (Å²) in [6, 6.07) is 9.02. The summed E-state index contributed by atoms with van der Waals surface area (Å²) in [5, 5.41) is 10.4. The van der Waals surface area contributed by atoms with Crippen molar-refractivity contribution >= 4 is 23.2 Å². The highest BCUT2D eigenvalue weighted by Crippen LogP contribution is 2.19. The smallest absolute Gasteiger partial charge is 0.238 e. The molecule has 0 unspecified atom stereocenters. The van der Waals surface area contributed by atoms with Gasteiger partial charge in [0.05, 0.1) is 23.8 Å². The summed E-state index contributed by atoms with van der Waals surface area (Å²) in [5.41, 5.74) is 0.628. The first-order valence-corrected chi connectivity index (χ1v) is 6.36. The van der Waals surface area contributed by atoms with Gasteiger partial charge in [0, 0.05) is 18.9 Å². The number of nitrogens with one attached hydrogen (secondary N) is 2. The van der Waals surface area contributed by atoms with Crippen molar-refractivity contribution in [3.8, 4) is 0 Å². The van der Waals surface area contributed by atoms with Crippen LogP contribution in [0.25, 0.3) is 0 Å². The fourth-order valence-corrected chi connectivity index (χ4v) is 1.77. The van der Waals surface area contributed by atoms with E-state index in [1.54, 1.807) is 23.0 Å². The zero-order chi connectivity index (χ0) is 13.5. The number of nitrogens with zero attached hydrogens (tertiary/aromatic N) is 2. The molecular formula is C13H15ClN4O. The molecule has 1 amide bonds. The molecule has 1 aromatic carbocycles. The molecule has 0 spiro atoms. The van der Waals surface area contributed by atoms with Gasteiger partial charge in [0.1, 0.15) is 0 Å². The normalized spacial score (nSPS) is 10.4. The first-order chi connectivity index (χ1) is 9.25. The average Bonchev–Trinajstić information content (AvgIpc) is 2.91. The lowest BCUT2D eigenvalue weighted by atomic mass is 10.3. The number of anilines is 1. The number of aromatic nitrogens is 2. The zero-order valence-electron chi connectivity index (χ0n) is 10.3. The number of para-hydroxylation sites is 1. The third-order valence-electron chi connectivity index (χ3n) is 2.51. The number of carbonyl (C=O) groups is 1. The number of halogens is 1. The number of hydrogen-bond acceptors (Lipinski definition) is 3. The first-order valence-electron chi connectivity index (χ1n) is 5.98. The van der Waals surface area contributed by atoms with Crippen molar-refractivity contribution in [1.82, 2.24) is 15.1 Å². The molecule has 0 aliphatic carbocycles. The van der Waals surface area contributed by atoms with Crippen molar-refractivity contribution in [3.05, 3.63) is 47.7 Å². The third kappa shape index (κ3) is 4.39. The van der Waals surface area contributed by atoms with E-state index in [1.807, 2.05) is 24.4 Å². The molecule has 0 bridgehead atoms. The van der Waals surface area contributed by atoms with E-state index in [4.69, 9.17) is 11.6 Å². The van der Waals surface area contributed by atoms with Crippen LogP contribution in [0.2, 0.25) is 5.02 Å². The van der Waals surface area contributed by atoms with Gasteiger partial charge in [0.2, 0.25) is 5.91 Å². The lowest BCUT2D eigenvalue weighted by molar-refractivity contribution is -0.115. The van der Waals surface area contributed by atoms with Gasteiger partial charge in [-0.05, 0) is 18.2 Å². The van der Waals surface area contributed by atoms with E-state index in [0.29, 0.717) is 17.3 Å². The molecule has 0 aliphatic heterocycles. The second kappa shape index (κ2) is 6.92. The summed E-state index contributed by atoms with van der Waals surface area (Å²) in [5.74, 6) is -0.117. The maximum Gasteiger partial charge on any atom is 0.238 e. The van der Waals surface area contributed by atoms with Crippen LogP contribution >= 0.6 is 11.6 Å². The number of amides is 1. The minimum Gasteiger partial charge on any atom is -0.324 e. The minimum atomic E-state index is -0.117. The Balaban J connectivity index is 1.69. The van der Waals surface area contributed by atoms with Gasteiger partial charge in [0.25, 0.3) is 0 Å². The Labute approximate surface area is 116 Å². The summed E-state index contributed by atoms with van der Waals surface area (Å²) in [4.78, 5) is 11.7. The standard InChI is InChI=1S/C13H15ClN4O/c14-11-4-1-2-5-12(11)17-13(19)10-15-7-9-18-8-3-6-16-18/h1-6,8,15H,7,9-10H2,(H,17,19). The van der Waals surface area contributed by atoms with Crippen LogP contribution in [0.1, 0.15) is 0 Å². The topological polar surface area (TPSA) is 59.0 Å². The molecular weight excluding hydrogens is 264 g/mol. The fraction of sp³-hybridized carbons (Fsp3) is 0.231. The van der Waals surface area contributed by atoms with Gasteiger partial charge in [-0.3, -0.25) is 9.48 Å². The molecule has 6 heteroatoms. The summed E-state index contributed by atoms with van der Waals surface area (Å²) in [7, 11) is 0. The van der Waals surface area contributed by atoms with E-state index in [1.165, 1.54) is 0 Å². The monoisotopic (exact) mass is 278 g/mol. The molecule has 1 heterocycles. The highest BCUT2D eigenvalue weighted by atomic mass is 35.5. The van der Waals surface area contributed by atoms with Gasteiger partial charge >= 0.3 is 0 Å². The number of carbonyl (C=O) groups excluding carboxylic acids is 1. The van der Waals surface area contributed by atoms with Crippen molar-refractivity contribution in [2.45, 2.75) is 6.54 Å². The molecule has 100 valence electrons. The van der Waals surface area contributed by atoms with E-state index in [9.17, 15) is 4.79 Å². The molecule has 2 N–H and O–H groups in total. The second-order valence-corrected chi connectivity index (χ2v) is 4.38. The Morgan fingerprint density at radius 1 is 1.32 bits per heavy atom. The molecule has 0 atom stereocenters. The highest BCUT2D eigenvalue weighted by molar-refractivity contribution is 6.33. The predicted octanol–water partition coefficient (Wildman–Crippen LogP) is 1.76. The third-order valence-corrected chi connectivity index (χ3v) is 2.84. The molecule has 1 aromatic heterocycles. The van der Waals surface area contributed by atoms with Gasteiger partial charge < -0.3 is 10.6 Å². The van der Waals surface area contributed by atoms with Crippen LogP contribution in [0.15, 0.2) is 42.7 Å². The number of hydrogen-bond donors (Lipinski definition) is 2. The first kappa shape index (κ1) is 13.6. The van der Waals surface area contributed by atoms with E-state index >= 15 is 0 Å². The van der Waals surface area contributed by atoms with Crippen molar-refractivity contribution in [2.24, 2.45) is 0 Å². The molecule has 19 heavy (non-hydrogen) atoms. The predicted molar refractivity (Wildman–Crippen MR) is 75.2 cm³/mol. The molecule has 2 aromatic rings. The minimum absolute atomic E-state index is 0.117. The maximum absolute atomic E-state index is 11.7. The van der Waals surface area contributed by atoms with Gasteiger partial charge in [0.15, 0.2) is 0 Å². The van der Waals surface area contributed by atoms with Gasteiger partial charge in [-0.1, -0.05) is 23.7 Å². The maximum atomic E-state index is 11.7. The van der Waals surface area contributed by atoms with Gasteiger partial charge in [-0.15, -0.1) is 0 Å². The average molecular weight is 279 g/mol. The Morgan fingerprint density at radius 2 is 2.16 bits per heavy atom. The zero-order valence-corrected chi connectivity index (χ0v) is 11.1. The summed E-state index contributed by atoms with van der Waals surface area (Å²) in [6.07, 6.45) is 3.61. The fourth-order valence-electron chi connectivity index (χ4n) is 1.59. The van der Waals surface area contributed by atoms with Crippen molar-refractivity contribution < 1.29 is 4.79 Å². The summed E-state index contributed by atoms with van der Waals surface area (Å²) in [6.45, 7) is 1.65. The van der Waals surface area contributed by atoms with Crippen LogP contribution in [0.5, 0.6) is 0 Å². The van der Waals surface area contributed by atoms with Gasteiger partial charge in [-0.25, -0.2) is 0 Å². The molecule has 2 rings (SSSR count). The van der Waals surface area contributed by atoms with Crippen LogP contribution in [0.4, 0.5) is 5.69 Å².